The number of nitrogens with zero attached hydrogens (tertiary/aromatic N) is 2. The number of fused-ring (bicyclic) bond motifs is 1. The lowest BCUT2D eigenvalue weighted by atomic mass is 10.2. The van der Waals surface area contributed by atoms with Crippen LogP contribution in [-0.4, -0.2) is 15.1 Å². The molecule has 0 fully saturated rings. The lowest BCUT2D eigenvalue weighted by Gasteiger charge is -1.90. The zero-order valence-corrected chi connectivity index (χ0v) is 7.42. The van der Waals surface area contributed by atoms with E-state index in [0.29, 0.717) is 29.0 Å². The molecule has 0 atom stereocenters. The monoisotopic (exact) mass is 179 g/mol. The molecule has 2 aromatic rings. The molecule has 0 spiro atoms. The predicted octanol–water partition coefficient (Wildman–Crippen LogP) is 0.782. The van der Waals surface area contributed by atoms with Crippen molar-refractivity contribution in [2.75, 3.05) is 0 Å². The Labute approximate surface area is 73.8 Å². The molecule has 0 bridgehead atoms. The molecule has 2 aromatic heterocycles. The van der Waals surface area contributed by atoms with Gasteiger partial charge in [-0.05, 0) is 6.92 Å². The molecule has 2 heterocycles. The second kappa shape index (κ2) is 2.69. The maximum Gasteiger partial charge on any atom is 0.264 e. The van der Waals surface area contributed by atoms with Crippen LogP contribution in [0.3, 0.4) is 0 Å². The number of hydrogen-bond acceptors (Lipinski definition) is 4. The maximum absolute atomic E-state index is 11.4. The molecule has 0 amide bonds. The largest absolute Gasteiger partial charge is 0.358 e. The van der Waals surface area contributed by atoms with E-state index in [1.165, 1.54) is 0 Å². The van der Waals surface area contributed by atoms with Crippen LogP contribution in [0.15, 0.2) is 9.32 Å². The smallest absolute Gasteiger partial charge is 0.264 e. The molecule has 0 aliphatic rings. The van der Waals surface area contributed by atoms with Gasteiger partial charge in [0.25, 0.3) is 5.56 Å². The highest BCUT2D eigenvalue weighted by Crippen LogP contribution is 2.11. The summed E-state index contributed by atoms with van der Waals surface area (Å²) in [6.45, 7) is 3.61. The Morgan fingerprint density at radius 3 is 3.00 bits per heavy atom. The number of hydrogen-bond donors (Lipinski definition) is 1. The second-order valence-electron chi connectivity index (χ2n) is 2.81. The fraction of sp³-hybridized carbons (Fsp3) is 0.375. The number of aromatic amines is 1. The molecular weight excluding hydrogens is 170 g/mol. The van der Waals surface area contributed by atoms with Gasteiger partial charge in [-0.1, -0.05) is 12.1 Å². The standard InChI is InChI=1S/C8H9N3O2/c1-3-5-6-7(11-13-5)9-4(2)10-8(6)12/h3H2,1-2H3,(H,9,10,11,12). The molecule has 0 unspecified atom stereocenters. The van der Waals surface area contributed by atoms with E-state index in [1.54, 1.807) is 6.92 Å². The van der Waals surface area contributed by atoms with Gasteiger partial charge in [0.2, 0.25) is 5.65 Å². The Morgan fingerprint density at radius 1 is 1.54 bits per heavy atom. The highest BCUT2D eigenvalue weighted by atomic mass is 16.5. The number of aromatic nitrogens is 3. The average Bonchev–Trinajstić information content (AvgIpc) is 2.47. The molecule has 68 valence electrons. The van der Waals surface area contributed by atoms with Crippen LogP contribution in [0.1, 0.15) is 18.5 Å². The summed E-state index contributed by atoms with van der Waals surface area (Å²) in [4.78, 5) is 18.1. The van der Waals surface area contributed by atoms with Crippen LogP contribution in [-0.2, 0) is 6.42 Å². The van der Waals surface area contributed by atoms with Crippen LogP contribution in [0, 0.1) is 6.92 Å². The number of aryl methyl sites for hydroxylation is 2. The summed E-state index contributed by atoms with van der Waals surface area (Å²) in [7, 11) is 0. The third kappa shape index (κ3) is 1.12. The van der Waals surface area contributed by atoms with E-state index in [1.807, 2.05) is 6.92 Å². The van der Waals surface area contributed by atoms with Gasteiger partial charge < -0.3 is 9.51 Å². The molecular formula is C8H9N3O2. The van der Waals surface area contributed by atoms with Gasteiger partial charge in [-0.2, -0.15) is 0 Å². The first kappa shape index (κ1) is 7.97. The van der Waals surface area contributed by atoms with Crippen molar-refractivity contribution in [3.05, 3.63) is 21.9 Å². The van der Waals surface area contributed by atoms with E-state index in [2.05, 4.69) is 15.1 Å². The van der Waals surface area contributed by atoms with Crippen molar-refractivity contribution in [3.63, 3.8) is 0 Å². The minimum atomic E-state index is -0.180. The maximum atomic E-state index is 11.4. The summed E-state index contributed by atoms with van der Waals surface area (Å²) in [5.74, 6) is 1.14. The van der Waals surface area contributed by atoms with Crippen LogP contribution >= 0.6 is 0 Å². The van der Waals surface area contributed by atoms with Crippen LogP contribution in [0.2, 0.25) is 0 Å². The van der Waals surface area contributed by atoms with Gasteiger partial charge in [0.1, 0.15) is 11.2 Å². The zero-order valence-electron chi connectivity index (χ0n) is 7.42. The quantitative estimate of drug-likeness (QED) is 0.702. The van der Waals surface area contributed by atoms with Crippen molar-refractivity contribution in [3.8, 4) is 0 Å². The molecule has 0 radical (unpaired) electrons. The number of rotatable bonds is 1. The van der Waals surface area contributed by atoms with Gasteiger partial charge in [0.05, 0.1) is 0 Å². The fourth-order valence-corrected chi connectivity index (χ4v) is 1.27. The molecule has 0 aromatic carbocycles. The first-order valence-corrected chi connectivity index (χ1v) is 4.07. The Bertz CT molecular complexity index is 498. The van der Waals surface area contributed by atoms with E-state index in [9.17, 15) is 4.79 Å². The van der Waals surface area contributed by atoms with Gasteiger partial charge in [-0.3, -0.25) is 4.79 Å². The molecule has 5 heteroatoms. The summed E-state index contributed by atoms with van der Waals surface area (Å²) in [5.41, 5.74) is 0.207. The van der Waals surface area contributed by atoms with Crippen molar-refractivity contribution < 1.29 is 4.52 Å². The van der Waals surface area contributed by atoms with Crippen LogP contribution < -0.4 is 5.56 Å². The molecule has 0 aliphatic heterocycles. The van der Waals surface area contributed by atoms with E-state index in [-0.39, 0.29) is 5.56 Å². The highest BCUT2D eigenvalue weighted by molar-refractivity contribution is 5.75. The number of nitrogens with one attached hydrogen (secondary N) is 1. The lowest BCUT2D eigenvalue weighted by Crippen LogP contribution is -2.09. The van der Waals surface area contributed by atoms with Crippen molar-refractivity contribution in [1.82, 2.24) is 15.1 Å². The average molecular weight is 179 g/mol. The zero-order chi connectivity index (χ0) is 9.42. The Balaban J connectivity index is 2.90. The van der Waals surface area contributed by atoms with Gasteiger partial charge in [0.15, 0.2) is 5.76 Å². The van der Waals surface area contributed by atoms with Crippen LogP contribution in [0.25, 0.3) is 11.0 Å². The summed E-state index contributed by atoms with van der Waals surface area (Å²) < 4.78 is 4.97. The SMILES string of the molecule is CCc1onc2nc(C)[nH]c(=O)c12. The number of H-pyrrole nitrogens is 1. The van der Waals surface area contributed by atoms with E-state index >= 15 is 0 Å². The molecule has 0 saturated carbocycles. The van der Waals surface area contributed by atoms with E-state index in [4.69, 9.17) is 4.52 Å². The Kier molecular flexibility index (Phi) is 1.65. The van der Waals surface area contributed by atoms with Crippen molar-refractivity contribution in [2.45, 2.75) is 20.3 Å². The predicted molar refractivity (Wildman–Crippen MR) is 46.5 cm³/mol. The summed E-state index contributed by atoms with van der Waals surface area (Å²) in [6, 6.07) is 0. The summed E-state index contributed by atoms with van der Waals surface area (Å²) in [5, 5.41) is 4.17. The van der Waals surface area contributed by atoms with E-state index < -0.39 is 0 Å². The first-order valence-electron chi connectivity index (χ1n) is 4.07. The van der Waals surface area contributed by atoms with Crippen LogP contribution in [0.5, 0.6) is 0 Å². The molecule has 2 rings (SSSR count). The Hall–Kier alpha value is -1.65. The fourth-order valence-electron chi connectivity index (χ4n) is 1.27. The second-order valence-corrected chi connectivity index (χ2v) is 2.81. The topological polar surface area (TPSA) is 71.8 Å². The molecule has 1 N–H and O–H groups in total. The first-order chi connectivity index (χ1) is 6.22. The minimum absolute atomic E-state index is 0.180. The van der Waals surface area contributed by atoms with Crippen molar-refractivity contribution >= 4 is 11.0 Å². The van der Waals surface area contributed by atoms with Crippen molar-refractivity contribution in [2.24, 2.45) is 0 Å². The third-order valence-corrected chi connectivity index (χ3v) is 1.86. The molecule has 0 aliphatic carbocycles. The summed E-state index contributed by atoms with van der Waals surface area (Å²) >= 11 is 0. The van der Waals surface area contributed by atoms with Gasteiger partial charge in [-0.15, -0.1) is 0 Å². The molecule has 5 nitrogen and oxygen atoms in total. The van der Waals surface area contributed by atoms with Gasteiger partial charge in [-0.25, -0.2) is 4.98 Å². The minimum Gasteiger partial charge on any atom is -0.358 e. The summed E-state index contributed by atoms with van der Waals surface area (Å²) in [6.07, 6.45) is 0.643. The van der Waals surface area contributed by atoms with Crippen molar-refractivity contribution in [1.29, 1.82) is 0 Å². The highest BCUT2D eigenvalue weighted by Gasteiger charge is 2.11. The van der Waals surface area contributed by atoms with E-state index in [0.717, 1.165) is 0 Å². The van der Waals surface area contributed by atoms with Crippen LogP contribution in [0.4, 0.5) is 0 Å². The molecule has 0 saturated heterocycles. The molecule has 13 heavy (non-hydrogen) atoms. The van der Waals surface area contributed by atoms with Gasteiger partial charge >= 0.3 is 0 Å². The Morgan fingerprint density at radius 2 is 2.31 bits per heavy atom. The van der Waals surface area contributed by atoms with Gasteiger partial charge in [0, 0.05) is 6.42 Å². The lowest BCUT2D eigenvalue weighted by molar-refractivity contribution is 0.393. The normalized spacial score (nSPS) is 10.9. The third-order valence-electron chi connectivity index (χ3n) is 1.86.